The maximum Gasteiger partial charge on any atom is 0.209 e. The number of rotatable bonds is 2. The second kappa shape index (κ2) is 3.40. The highest BCUT2D eigenvalue weighted by Gasteiger charge is 2.14. The average molecular weight is 139 g/mol. The summed E-state index contributed by atoms with van der Waals surface area (Å²) in [5, 5.41) is 0. The number of likely N-dealkylation sites (tertiary alicyclic amines) is 1. The monoisotopic (exact) mass is 139 g/mol. The van der Waals surface area contributed by atoms with E-state index in [1.165, 1.54) is 0 Å². The molecule has 0 bridgehead atoms. The molecule has 1 heterocycles. The quantitative estimate of drug-likeness (QED) is 0.413. The molecule has 2 nitrogen and oxygen atoms in total. The summed E-state index contributed by atoms with van der Waals surface area (Å²) in [5.74, 6) is 0.635. The Labute approximate surface area is 61.5 Å². The van der Waals surface area contributed by atoms with Gasteiger partial charge in [-0.05, 0) is 18.8 Å². The summed E-state index contributed by atoms with van der Waals surface area (Å²) < 4.78 is 0. The molecule has 1 amide bonds. The van der Waals surface area contributed by atoms with Crippen molar-refractivity contribution in [3.8, 4) is 0 Å². The van der Waals surface area contributed by atoms with Crippen LogP contribution in [0.3, 0.4) is 0 Å². The van der Waals surface area contributed by atoms with Crippen LogP contribution in [0.25, 0.3) is 0 Å². The van der Waals surface area contributed by atoms with E-state index in [1.54, 1.807) is 0 Å². The fourth-order valence-electron chi connectivity index (χ4n) is 1.26. The van der Waals surface area contributed by atoms with E-state index in [-0.39, 0.29) is 0 Å². The van der Waals surface area contributed by atoms with E-state index >= 15 is 0 Å². The molecule has 1 aliphatic rings. The number of allylic oxidation sites excluding steroid dienone is 1. The topological polar surface area (TPSA) is 20.3 Å². The Bertz CT molecular complexity index is 109. The zero-order chi connectivity index (χ0) is 7.40. The lowest BCUT2D eigenvalue weighted by Crippen LogP contribution is -2.31. The van der Waals surface area contributed by atoms with Crippen molar-refractivity contribution in [2.24, 2.45) is 5.92 Å². The molecule has 0 spiro atoms. The van der Waals surface area contributed by atoms with Gasteiger partial charge in [-0.2, -0.15) is 0 Å². The molecule has 10 heavy (non-hydrogen) atoms. The molecule has 1 aliphatic heterocycles. The van der Waals surface area contributed by atoms with Gasteiger partial charge in [-0.15, -0.1) is 6.58 Å². The van der Waals surface area contributed by atoms with Gasteiger partial charge in [0, 0.05) is 13.1 Å². The van der Waals surface area contributed by atoms with E-state index in [2.05, 4.69) is 6.58 Å². The van der Waals surface area contributed by atoms with Crippen LogP contribution in [0, 0.1) is 5.92 Å². The summed E-state index contributed by atoms with van der Waals surface area (Å²) in [7, 11) is 0. The summed E-state index contributed by atoms with van der Waals surface area (Å²) in [6, 6.07) is 0. The van der Waals surface area contributed by atoms with Crippen LogP contribution in [0.15, 0.2) is 12.7 Å². The molecule has 0 aromatic rings. The standard InChI is InChI=1S/C8H13NO/c1-2-8-3-5-9(7-10)6-4-8/h2,7-8H,1,3-6H2. The van der Waals surface area contributed by atoms with Crippen molar-refractivity contribution in [2.75, 3.05) is 13.1 Å². The minimum atomic E-state index is 0.635. The summed E-state index contributed by atoms with van der Waals surface area (Å²) in [5.41, 5.74) is 0. The highest BCUT2D eigenvalue weighted by Crippen LogP contribution is 2.15. The molecule has 0 aromatic carbocycles. The number of hydrogen-bond acceptors (Lipinski definition) is 1. The molecule has 0 aromatic heterocycles. The highest BCUT2D eigenvalue weighted by atomic mass is 16.1. The van der Waals surface area contributed by atoms with E-state index in [0.717, 1.165) is 32.3 Å². The van der Waals surface area contributed by atoms with Gasteiger partial charge >= 0.3 is 0 Å². The molecule has 0 aliphatic carbocycles. The fraction of sp³-hybridized carbons (Fsp3) is 0.625. The summed E-state index contributed by atoms with van der Waals surface area (Å²) >= 11 is 0. The van der Waals surface area contributed by atoms with Crippen LogP contribution in [0.5, 0.6) is 0 Å². The normalized spacial score (nSPS) is 20.6. The van der Waals surface area contributed by atoms with E-state index in [1.807, 2.05) is 11.0 Å². The van der Waals surface area contributed by atoms with Crippen LogP contribution in [-0.4, -0.2) is 24.4 Å². The van der Waals surface area contributed by atoms with Crippen LogP contribution >= 0.6 is 0 Å². The lowest BCUT2D eigenvalue weighted by atomic mass is 9.98. The van der Waals surface area contributed by atoms with Gasteiger partial charge in [-0.3, -0.25) is 4.79 Å². The van der Waals surface area contributed by atoms with Crippen molar-refractivity contribution in [1.29, 1.82) is 0 Å². The van der Waals surface area contributed by atoms with Gasteiger partial charge in [0.15, 0.2) is 0 Å². The van der Waals surface area contributed by atoms with Gasteiger partial charge < -0.3 is 4.90 Å². The molecule has 0 N–H and O–H groups in total. The van der Waals surface area contributed by atoms with Gasteiger partial charge in [-0.1, -0.05) is 6.08 Å². The number of carbonyl (C=O) groups excluding carboxylic acids is 1. The largest absolute Gasteiger partial charge is 0.345 e. The highest BCUT2D eigenvalue weighted by molar-refractivity contribution is 5.47. The van der Waals surface area contributed by atoms with Crippen molar-refractivity contribution in [2.45, 2.75) is 12.8 Å². The van der Waals surface area contributed by atoms with E-state index in [0.29, 0.717) is 5.92 Å². The number of hydrogen-bond donors (Lipinski definition) is 0. The van der Waals surface area contributed by atoms with Crippen LogP contribution in [0.2, 0.25) is 0 Å². The predicted octanol–water partition coefficient (Wildman–Crippen LogP) is 1.04. The molecule has 56 valence electrons. The maximum atomic E-state index is 10.3. The minimum absolute atomic E-state index is 0.635. The molecule has 0 radical (unpaired) electrons. The second-order valence-corrected chi connectivity index (χ2v) is 2.71. The Hall–Kier alpha value is -0.790. The third kappa shape index (κ3) is 1.59. The Morgan fingerprint density at radius 2 is 2.00 bits per heavy atom. The zero-order valence-corrected chi connectivity index (χ0v) is 6.12. The fourth-order valence-corrected chi connectivity index (χ4v) is 1.26. The first-order valence-electron chi connectivity index (χ1n) is 3.68. The lowest BCUT2D eigenvalue weighted by molar-refractivity contribution is -0.119. The first-order chi connectivity index (χ1) is 4.86. The molecular weight excluding hydrogens is 126 g/mol. The second-order valence-electron chi connectivity index (χ2n) is 2.71. The van der Waals surface area contributed by atoms with Crippen molar-refractivity contribution >= 4 is 6.41 Å². The molecule has 0 saturated carbocycles. The molecule has 1 fully saturated rings. The molecule has 0 unspecified atom stereocenters. The summed E-state index contributed by atoms with van der Waals surface area (Å²) in [4.78, 5) is 12.1. The molecule has 0 atom stereocenters. The van der Waals surface area contributed by atoms with Gasteiger partial charge in [0.25, 0.3) is 0 Å². The first-order valence-corrected chi connectivity index (χ1v) is 3.68. The van der Waals surface area contributed by atoms with Gasteiger partial charge in [0.1, 0.15) is 0 Å². The average Bonchev–Trinajstić information content (AvgIpc) is 2.05. The van der Waals surface area contributed by atoms with E-state index in [4.69, 9.17) is 0 Å². The molecule has 1 saturated heterocycles. The van der Waals surface area contributed by atoms with Crippen LogP contribution in [0.4, 0.5) is 0 Å². The number of amides is 1. The van der Waals surface area contributed by atoms with Crippen LogP contribution < -0.4 is 0 Å². The third-order valence-corrected chi connectivity index (χ3v) is 2.06. The Balaban J connectivity index is 2.30. The SMILES string of the molecule is C=CC1CCN(C=O)CC1. The zero-order valence-electron chi connectivity index (χ0n) is 6.12. The maximum absolute atomic E-state index is 10.3. The molecular formula is C8H13NO. The lowest BCUT2D eigenvalue weighted by Gasteiger charge is -2.26. The number of carbonyl (C=O) groups is 1. The molecule has 1 rings (SSSR count). The molecule has 2 heteroatoms. The Morgan fingerprint density at radius 3 is 2.40 bits per heavy atom. The van der Waals surface area contributed by atoms with Crippen molar-refractivity contribution in [3.63, 3.8) is 0 Å². The van der Waals surface area contributed by atoms with Crippen molar-refractivity contribution < 1.29 is 4.79 Å². The van der Waals surface area contributed by atoms with E-state index in [9.17, 15) is 4.79 Å². The third-order valence-electron chi connectivity index (χ3n) is 2.06. The van der Waals surface area contributed by atoms with Crippen LogP contribution in [-0.2, 0) is 4.79 Å². The van der Waals surface area contributed by atoms with Crippen LogP contribution in [0.1, 0.15) is 12.8 Å². The van der Waals surface area contributed by atoms with Gasteiger partial charge in [0.05, 0.1) is 0 Å². The number of nitrogens with zero attached hydrogens (tertiary/aromatic N) is 1. The smallest absolute Gasteiger partial charge is 0.209 e. The van der Waals surface area contributed by atoms with E-state index < -0.39 is 0 Å². The Morgan fingerprint density at radius 1 is 1.40 bits per heavy atom. The predicted molar refractivity (Wildman–Crippen MR) is 40.6 cm³/mol. The summed E-state index contributed by atoms with van der Waals surface area (Å²) in [6.07, 6.45) is 5.09. The summed E-state index contributed by atoms with van der Waals surface area (Å²) in [6.45, 7) is 5.53. The van der Waals surface area contributed by atoms with Gasteiger partial charge in [-0.25, -0.2) is 0 Å². The number of piperidine rings is 1. The van der Waals surface area contributed by atoms with Gasteiger partial charge in [0.2, 0.25) is 6.41 Å². The minimum Gasteiger partial charge on any atom is -0.345 e. The first kappa shape index (κ1) is 7.32. The van der Waals surface area contributed by atoms with Crippen molar-refractivity contribution in [3.05, 3.63) is 12.7 Å². The van der Waals surface area contributed by atoms with Crippen molar-refractivity contribution in [1.82, 2.24) is 4.90 Å². The Kier molecular flexibility index (Phi) is 2.49.